The number of nitrogens with one attached hydrogen (secondary N) is 2. The number of hydrazine groups is 1. The topological polar surface area (TPSA) is 54.6 Å². The maximum absolute atomic E-state index is 12.2. The number of aromatic nitrogens is 2. The molecule has 2 N–H and O–H groups in total. The van der Waals surface area contributed by atoms with Gasteiger partial charge in [0.15, 0.2) is 0 Å². The average molecular weight is 286 g/mol. The van der Waals surface area contributed by atoms with Gasteiger partial charge in [0.25, 0.3) is 5.91 Å². The maximum atomic E-state index is 12.2. The second-order valence-corrected chi connectivity index (χ2v) is 5.39. The van der Waals surface area contributed by atoms with E-state index in [9.17, 15) is 4.79 Å². The highest BCUT2D eigenvalue weighted by Crippen LogP contribution is 2.07. The van der Waals surface area contributed by atoms with Gasteiger partial charge in [-0.1, -0.05) is 18.2 Å². The van der Waals surface area contributed by atoms with Crippen molar-refractivity contribution in [3.63, 3.8) is 0 Å². The van der Waals surface area contributed by atoms with Gasteiger partial charge in [0.2, 0.25) is 0 Å². The van der Waals surface area contributed by atoms with Gasteiger partial charge in [-0.3, -0.25) is 10.2 Å². The first-order chi connectivity index (χ1) is 10.2. The van der Waals surface area contributed by atoms with Gasteiger partial charge in [0.1, 0.15) is 0 Å². The second-order valence-electron chi connectivity index (χ2n) is 5.39. The van der Waals surface area contributed by atoms with Gasteiger partial charge in [-0.2, -0.15) is 5.10 Å². The molecule has 0 aliphatic carbocycles. The Labute approximate surface area is 123 Å². The van der Waals surface area contributed by atoms with Crippen molar-refractivity contribution in [2.24, 2.45) is 0 Å². The summed E-state index contributed by atoms with van der Waals surface area (Å²) in [5.74, 6) is -0.100. The highest BCUT2D eigenvalue weighted by atomic mass is 16.2. The summed E-state index contributed by atoms with van der Waals surface area (Å²) < 4.78 is 1.71. The number of benzene rings is 1. The van der Waals surface area contributed by atoms with E-state index in [1.54, 1.807) is 17.1 Å². The molecule has 6 heteroatoms. The molecule has 0 radical (unpaired) electrons. The van der Waals surface area contributed by atoms with Gasteiger partial charge in [-0.05, 0) is 12.1 Å². The van der Waals surface area contributed by atoms with E-state index in [0.29, 0.717) is 5.56 Å². The SMILES string of the molecule is C[NH+]1CCN(NC(=O)c2cnn(-c3ccccc3)c2)CC1. The molecule has 1 aliphatic heterocycles. The Morgan fingerprint density at radius 1 is 1.24 bits per heavy atom. The predicted molar refractivity (Wildman–Crippen MR) is 79.2 cm³/mol. The van der Waals surface area contributed by atoms with Crippen LogP contribution in [0.25, 0.3) is 5.69 Å². The first kappa shape index (κ1) is 13.8. The van der Waals surface area contributed by atoms with Gasteiger partial charge < -0.3 is 4.90 Å². The quantitative estimate of drug-likeness (QED) is 0.788. The van der Waals surface area contributed by atoms with Crippen molar-refractivity contribution in [3.8, 4) is 5.69 Å². The van der Waals surface area contributed by atoms with Crippen LogP contribution in [0, 0.1) is 0 Å². The van der Waals surface area contributed by atoms with Crippen molar-refractivity contribution in [2.75, 3.05) is 33.2 Å². The van der Waals surface area contributed by atoms with Crippen LogP contribution in [0.15, 0.2) is 42.7 Å². The smallest absolute Gasteiger partial charge is 0.268 e. The van der Waals surface area contributed by atoms with E-state index >= 15 is 0 Å². The number of quaternary nitrogens is 1. The molecule has 0 saturated carbocycles. The summed E-state index contributed by atoms with van der Waals surface area (Å²) in [6, 6.07) is 9.76. The minimum absolute atomic E-state index is 0.100. The van der Waals surface area contributed by atoms with Gasteiger partial charge in [-0.25, -0.2) is 9.69 Å². The minimum Gasteiger partial charge on any atom is -0.335 e. The molecular formula is C15H20N5O+. The molecule has 0 unspecified atom stereocenters. The van der Waals surface area contributed by atoms with Crippen molar-refractivity contribution in [3.05, 3.63) is 48.3 Å². The highest BCUT2D eigenvalue weighted by Gasteiger charge is 2.19. The number of nitrogens with zero attached hydrogens (tertiary/aromatic N) is 3. The molecule has 3 rings (SSSR count). The summed E-state index contributed by atoms with van der Waals surface area (Å²) in [7, 11) is 2.17. The number of rotatable bonds is 3. The summed E-state index contributed by atoms with van der Waals surface area (Å²) >= 11 is 0. The third-order valence-corrected chi connectivity index (χ3v) is 3.74. The Hall–Kier alpha value is -2.18. The largest absolute Gasteiger partial charge is 0.335 e. The third-order valence-electron chi connectivity index (χ3n) is 3.74. The molecule has 1 aromatic heterocycles. The molecule has 1 aliphatic rings. The van der Waals surface area contributed by atoms with Crippen molar-refractivity contribution >= 4 is 5.91 Å². The fourth-order valence-electron chi connectivity index (χ4n) is 2.37. The number of para-hydroxylation sites is 1. The minimum atomic E-state index is -0.100. The Bertz CT molecular complexity index is 602. The molecule has 0 spiro atoms. The lowest BCUT2D eigenvalue weighted by Crippen LogP contribution is -3.12. The molecule has 0 atom stereocenters. The van der Waals surface area contributed by atoms with Crippen LogP contribution in [0.4, 0.5) is 0 Å². The molecule has 6 nitrogen and oxygen atoms in total. The second kappa shape index (κ2) is 6.07. The molecule has 21 heavy (non-hydrogen) atoms. The fraction of sp³-hybridized carbons (Fsp3) is 0.333. The summed E-state index contributed by atoms with van der Waals surface area (Å²) in [5.41, 5.74) is 4.47. The first-order valence-corrected chi connectivity index (χ1v) is 7.20. The van der Waals surface area contributed by atoms with Crippen LogP contribution >= 0.6 is 0 Å². The van der Waals surface area contributed by atoms with E-state index in [-0.39, 0.29) is 5.91 Å². The number of likely N-dealkylation sites (N-methyl/N-ethyl adjacent to an activating group) is 1. The van der Waals surface area contributed by atoms with Crippen LogP contribution in [0.5, 0.6) is 0 Å². The number of amides is 1. The number of hydrogen-bond donors (Lipinski definition) is 2. The fourth-order valence-corrected chi connectivity index (χ4v) is 2.37. The number of hydrogen-bond acceptors (Lipinski definition) is 3. The number of carbonyl (C=O) groups is 1. The van der Waals surface area contributed by atoms with Crippen LogP contribution in [0.1, 0.15) is 10.4 Å². The molecule has 110 valence electrons. The van der Waals surface area contributed by atoms with E-state index < -0.39 is 0 Å². The zero-order valence-corrected chi connectivity index (χ0v) is 12.1. The summed E-state index contributed by atoms with van der Waals surface area (Å²) in [5, 5.41) is 6.23. The van der Waals surface area contributed by atoms with Gasteiger partial charge in [0, 0.05) is 6.20 Å². The molecule has 1 aromatic carbocycles. The van der Waals surface area contributed by atoms with E-state index in [0.717, 1.165) is 31.9 Å². The summed E-state index contributed by atoms with van der Waals surface area (Å²) in [6.07, 6.45) is 3.36. The van der Waals surface area contributed by atoms with Gasteiger partial charge >= 0.3 is 0 Å². The van der Waals surface area contributed by atoms with Crippen LogP contribution in [-0.2, 0) is 0 Å². The summed E-state index contributed by atoms with van der Waals surface area (Å²) in [4.78, 5) is 13.7. The highest BCUT2D eigenvalue weighted by molar-refractivity contribution is 5.93. The predicted octanol–water partition coefficient (Wildman–Crippen LogP) is -0.653. The van der Waals surface area contributed by atoms with Crippen molar-refractivity contribution in [1.82, 2.24) is 20.2 Å². The van der Waals surface area contributed by atoms with Gasteiger partial charge in [0.05, 0.1) is 50.7 Å². The number of piperazine rings is 1. The molecule has 1 amide bonds. The lowest BCUT2D eigenvalue weighted by molar-refractivity contribution is -0.884. The molecule has 0 bridgehead atoms. The van der Waals surface area contributed by atoms with E-state index in [1.165, 1.54) is 4.90 Å². The Morgan fingerprint density at radius 3 is 2.67 bits per heavy atom. The maximum Gasteiger partial charge on any atom is 0.268 e. The van der Waals surface area contributed by atoms with E-state index in [2.05, 4.69) is 17.6 Å². The van der Waals surface area contributed by atoms with Crippen molar-refractivity contribution in [2.45, 2.75) is 0 Å². The lowest BCUT2D eigenvalue weighted by atomic mass is 10.3. The van der Waals surface area contributed by atoms with E-state index in [1.807, 2.05) is 35.3 Å². The van der Waals surface area contributed by atoms with Crippen LogP contribution in [0.3, 0.4) is 0 Å². The lowest BCUT2D eigenvalue weighted by Gasteiger charge is -2.29. The summed E-state index contributed by atoms with van der Waals surface area (Å²) in [6.45, 7) is 3.85. The monoisotopic (exact) mass is 286 g/mol. The van der Waals surface area contributed by atoms with Crippen molar-refractivity contribution < 1.29 is 9.69 Å². The Balaban J connectivity index is 1.64. The van der Waals surface area contributed by atoms with Crippen LogP contribution in [-0.4, -0.2) is 53.9 Å². The van der Waals surface area contributed by atoms with Crippen LogP contribution in [0.2, 0.25) is 0 Å². The van der Waals surface area contributed by atoms with Gasteiger partial charge in [-0.15, -0.1) is 0 Å². The zero-order chi connectivity index (χ0) is 14.7. The third kappa shape index (κ3) is 3.29. The standard InChI is InChI=1S/C15H19N5O/c1-18-7-9-19(10-8-18)17-15(21)13-11-16-20(12-13)14-5-3-2-4-6-14/h2-6,11-12H,7-10H2,1H3,(H,17,21)/p+1. The average Bonchev–Trinajstić information content (AvgIpc) is 3.00. The first-order valence-electron chi connectivity index (χ1n) is 7.20. The molecule has 2 aromatic rings. The van der Waals surface area contributed by atoms with Crippen molar-refractivity contribution in [1.29, 1.82) is 0 Å². The Kier molecular flexibility index (Phi) is 3.98. The molecular weight excluding hydrogens is 266 g/mol. The molecule has 1 saturated heterocycles. The Morgan fingerprint density at radius 2 is 1.95 bits per heavy atom. The molecule has 2 heterocycles. The van der Waals surface area contributed by atoms with Crippen LogP contribution < -0.4 is 10.3 Å². The normalized spacial score (nSPS) is 16.8. The zero-order valence-electron chi connectivity index (χ0n) is 12.1. The molecule has 1 fully saturated rings. The van der Waals surface area contributed by atoms with E-state index in [4.69, 9.17) is 0 Å². The number of carbonyl (C=O) groups excluding carboxylic acids is 1.